The summed E-state index contributed by atoms with van der Waals surface area (Å²) < 4.78 is 28.8. The van der Waals surface area contributed by atoms with Crippen molar-refractivity contribution in [3.8, 4) is 11.1 Å². The molecule has 2 aliphatic rings. The predicted octanol–water partition coefficient (Wildman–Crippen LogP) is 4.58. The van der Waals surface area contributed by atoms with Crippen molar-refractivity contribution in [2.75, 3.05) is 26.2 Å². The second-order valence-corrected chi connectivity index (χ2v) is 11.9. The second kappa shape index (κ2) is 9.86. The fourth-order valence-corrected chi connectivity index (χ4v) is 7.38. The van der Waals surface area contributed by atoms with Gasteiger partial charge in [0.2, 0.25) is 10.0 Å². The molecule has 3 aromatic rings. The van der Waals surface area contributed by atoms with Crippen LogP contribution in [0.25, 0.3) is 11.1 Å². The van der Waals surface area contributed by atoms with Gasteiger partial charge < -0.3 is 5.11 Å². The van der Waals surface area contributed by atoms with Crippen LogP contribution in [0, 0.1) is 13.8 Å². The Hall–Kier alpha value is -2.51. The molecule has 6 heteroatoms. The molecule has 1 N–H and O–H groups in total. The topological polar surface area (TPSA) is 60.9 Å². The Balaban J connectivity index is 1.43. The smallest absolute Gasteiger partial charge is 0.243 e. The highest BCUT2D eigenvalue weighted by Crippen LogP contribution is 2.43. The average molecular weight is 491 g/mol. The molecule has 2 aliphatic heterocycles. The first-order valence-electron chi connectivity index (χ1n) is 12.5. The first-order valence-corrected chi connectivity index (χ1v) is 13.9. The molecule has 0 aromatic heterocycles. The van der Waals surface area contributed by atoms with E-state index >= 15 is 0 Å². The van der Waals surface area contributed by atoms with Gasteiger partial charge in [0.05, 0.1) is 11.5 Å². The molecule has 35 heavy (non-hydrogen) atoms. The molecule has 0 amide bonds. The van der Waals surface area contributed by atoms with Gasteiger partial charge in [0.1, 0.15) is 0 Å². The van der Waals surface area contributed by atoms with Gasteiger partial charge in [-0.05, 0) is 67.6 Å². The molecule has 0 saturated carbocycles. The second-order valence-electron chi connectivity index (χ2n) is 9.96. The van der Waals surface area contributed by atoms with Crippen molar-refractivity contribution in [1.29, 1.82) is 0 Å². The van der Waals surface area contributed by atoms with E-state index in [1.165, 1.54) is 11.1 Å². The van der Waals surface area contributed by atoms with Crippen LogP contribution in [0.1, 0.15) is 35.4 Å². The number of benzene rings is 3. The van der Waals surface area contributed by atoms with Crippen molar-refractivity contribution < 1.29 is 13.5 Å². The Morgan fingerprint density at radius 3 is 2.23 bits per heavy atom. The SMILES string of the molecule is Cc1cccc(-c2ccc([C@@H]3[C@@H](CO)N4CCCCN(S(=O)(=O)c5cccc(C)c5)C[C@@H]34)cc2)c1. The Bertz CT molecular complexity index is 1290. The minimum absolute atomic E-state index is 0.0199. The standard InChI is InChI=1S/C29H34N2O3S/c1-21-7-5-9-25(17-21)23-11-13-24(14-12-23)29-27-19-30(15-3-4-16-31(27)28(29)20-32)35(33,34)26-10-6-8-22(2)18-26/h5-14,17-18,27-29,32H,3-4,15-16,19-20H2,1-2H3/t27-,28+,29-/m0/s1. The summed E-state index contributed by atoms with van der Waals surface area (Å²) in [7, 11) is -3.58. The summed E-state index contributed by atoms with van der Waals surface area (Å²) >= 11 is 0. The highest BCUT2D eigenvalue weighted by molar-refractivity contribution is 7.89. The van der Waals surface area contributed by atoms with Crippen LogP contribution >= 0.6 is 0 Å². The number of aliphatic hydroxyl groups excluding tert-OH is 1. The number of hydrogen-bond acceptors (Lipinski definition) is 4. The van der Waals surface area contributed by atoms with Crippen molar-refractivity contribution in [3.63, 3.8) is 0 Å². The van der Waals surface area contributed by atoms with Crippen LogP contribution in [0.3, 0.4) is 0 Å². The minimum Gasteiger partial charge on any atom is -0.395 e. The Morgan fingerprint density at radius 2 is 1.54 bits per heavy atom. The third-order valence-electron chi connectivity index (χ3n) is 7.61. The van der Waals surface area contributed by atoms with Gasteiger partial charge in [-0.15, -0.1) is 0 Å². The molecular weight excluding hydrogens is 456 g/mol. The van der Waals surface area contributed by atoms with Gasteiger partial charge >= 0.3 is 0 Å². The highest BCUT2D eigenvalue weighted by atomic mass is 32.2. The summed E-state index contributed by atoms with van der Waals surface area (Å²) in [6.07, 6.45) is 1.74. The van der Waals surface area contributed by atoms with E-state index in [1.54, 1.807) is 16.4 Å². The van der Waals surface area contributed by atoms with Crippen molar-refractivity contribution in [2.24, 2.45) is 0 Å². The fourth-order valence-electron chi connectivity index (χ4n) is 5.77. The van der Waals surface area contributed by atoms with E-state index < -0.39 is 10.0 Å². The molecule has 0 radical (unpaired) electrons. The monoisotopic (exact) mass is 490 g/mol. The van der Waals surface area contributed by atoms with Gasteiger partial charge in [0.25, 0.3) is 0 Å². The number of rotatable bonds is 5. The third kappa shape index (κ3) is 4.68. The zero-order chi connectivity index (χ0) is 24.6. The van der Waals surface area contributed by atoms with Crippen LogP contribution in [-0.2, 0) is 10.0 Å². The molecule has 0 spiro atoms. The summed E-state index contributed by atoms with van der Waals surface area (Å²) in [6, 6.07) is 24.3. The van der Waals surface area contributed by atoms with Crippen molar-refractivity contribution in [3.05, 3.63) is 89.5 Å². The maximum atomic E-state index is 13.6. The average Bonchev–Trinajstić information content (AvgIpc) is 2.83. The molecule has 0 unspecified atom stereocenters. The van der Waals surface area contributed by atoms with Gasteiger partial charge in [0, 0.05) is 31.1 Å². The molecule has 3 aromatic carbocycles. The quantitative estimate of drug-likeness (QED) is 0.569. The first-order chi connectivity index (χ1) is 16.9. The van der Waals surface area contributed by atoms with Crippen LogP contribution in [0.15, 0.2) is 77.7 Å². The minimum atomic E-state index is -3.58. The molecule has 5 rings (SSSR count). The van der Waals surface area contributed by atoms with Gasteiger partial charge in [0.15, 0.2) is 0 Å². The van der Waals surface area contributed by atoms with Crippen LogP contribution in [-0.4, -0.2) is 61.1 Å². The molecule has 2 saturated heterocycles. The lowest BCUT2D eigenvalue weighted by Crippen LogP contribution is -2.67. The molecule has 3 atom stereocenters. The predicted molar refractivity (Wildman–Crippen MR) is 140 cm³/mol. The lowest BCUT2D eigenvalue weighted by Gasteiger charge is -2.57. The Morgan fingerprint density at radius 1 is 0.857 bits per heavy atom. The van der Waals surface area contributed by atoms with Crippen LogP contribution in [0.4, 0.5) is 0 Å². The van der Waals surface area contributed by atoms with Crippen molar-refractivity contribution in [1.82, 2.24) is 9.21 Å². The summed E-state index contributed by atoms with van der Waals surface area (Å²) in [6.45, 7) is 5.96. The van der Waals surface area contributed by atoms with Crippen molar-refractivity contribution in [2.45, 2.75) is 49.6 Å². The summed E-state index contributed by atoms with van der Waals surface area (Å²) in [5.74, 6) is 0.0971. The fraction of sp³-hybridized carbons (Fsp3) is 0.379. The van der Waals surface area contributed by atoms with Gasteiger partial charge in [-0.2, -0.15) is 4.31 Å². The molecule has 184 valence electrons. The molecule has 5 nitrogen and oxygen atoms in total. The maximum absolute atomic E-state index is 13.6. The summed E-state index contributed by atoms with van der Waals surface area (Å²) in [5.41, 5.74) is 5.68. The van der Waals surface area contributed by atoms with Gasteiger partial charge in [-0.25, -0.2) is 8.42 Å². The largest absolute Gasteiger partial charge is 0.395 e. The third-order valence-corrected chi connectivity index (χ3v) is 9.47. The molecule has 2 fully saturated rings. The molecular formula is C29H34N2O3S. The first kappa shape index (κ1) is 24.2. The zero-order valence-electron chi connectivity index (χ0n) is 20.5. The van der Waals surface area contributed by atoms with E-state index in [0.29, 0.717) is 18.0 Å². The van der Waals surface area contributed by atoms with E-state index in [0.717, 1.165) is 36.1 Å². The van der Waals surface area contributed by atoms with Crippen LogP contribution < -0.4 is 0 Å². The van der Waals surface area contributed by atoms with E-state index in [9.17, 15) is 13.5 Å². The number of fused-ring (bicyclic) bond motifs is 1. The Kier molecular flexibility index (Phi) is 6.82. The summed E-state index contributed by atoms with van der Waals surface area (Å²) in [4.78, 5) is 2.68. The lowest BCUT2D eigenvalue weighted by atomic mass is 9.74. The van der Waals surface area contributed by atoms with E-state index in [4.69, 9.17) is 0 Å². The molecule has 0 aliphatic carbocycles. The van der Waals surface area contributed by atoms with Crippen LogP contribution in [0.5, 0.6) is 0 Å². The van der Waals surface area contributed by atoms with E-state index in [2.05, 4.69) is 60.4 Å². The van der Waals surface area contributed by atoms with Gasteiger partial charge in [-0.3, -0.25) is 4.90 Å². The highest BCUT2D eigenvalue weighted by Gasteiger charge is 2.50. The van der Waals surface area contributed by atoms with Crippen molar-refractivity contribution >= 4 is 10.0 Å². The van der Waals surface area contributed by atoms with Crippen LogP contribution in [0.2, 0.25) is 0 Å². The van der Waals surface area contributed by atoms with Gasteiger partial charge in [-0.1, -0.05) is 66.2 Å². The number of aliphatic hydroxyl groups is 1. The molecule has 0 bridgehead atoms. The van der Waals surface area contributed by atoms with E-state index in [-0.39, 0.29) is 24.6 Å². The lowest BCUT2D eigenvalue weighted by molar-refractivity contribution is -0.0553. The maximum Gasteiger partial charge on any atom is 0.243 e. The number of hydrogen-bond donors (Lipinski definition) is 1. The summed E-state index contributed by atoms with van der Waals surface area (Å²) in [5, 5.41) is 10.2. The normalized spacial score (nSPS) is 23.7. The van der Waals surface area contributed by atoms with E-state index in [1.807, 2.05) is 19.1 Å². The Labute approximate surface area is 209 Å². The molecule has 2 heterocycles. The number of sulfonamides is 1. The zero-order valence-corrected chi connectivity index (χ0v) is 21.3. The number of aryl methyl sites for hydroxylation is 2. The number of nitrogens with zero attached hydrogens (tertiary/aromatic N) is 2.